The van der Waals surface area contributed by atoms with E-state index >= 15 is 0 Å². The lowest BCUT2D eigenvalue weighted by molar-refractivity contribution is 0.340. The van der Waals surface area contributed by atoms with Crippen LogP contribution in [0.3, 0.4) is 0 Å². The highest BCUT2D eigenvalue weighted by Gasteiger charge is 2.09. The van der Waals surface area contributed by atoms with Gasteiger partial charge in [-0.3, -0.25) is 4.72 Å². The number of benzene rings is 1. The second-order valence-electron chi connectivity index (χ2n) is 3.52. The van der Waals surface area contributed by atoms with E-state index in [1.807, 2.05) is 6.92 Å². The van der Waals surface area contributed by atoms with Crippen LogP contribution in [-0.2, 0) is 10.0 Å². The fourth-order valence-electron chi connectivity index (χ4n) is 1.32. The Morgan fingerprint density at radius 1 is 1.41 bits per heavy atom. The van der Waals surface area contributed by atoms with E-state index < -0.39 is 10.0 Å². The lowest BCUT2D eigenvalue weighted by Crippen LogP contribution is -2.18. The second-order valence-corrected chi connectivity index (χ2v) is 5.37. The van der Waals surface area contributed by atoms with Crippen molar-refractivity contribution < 1.29 is 13.2 Å². The zero-order chi connectivity index (χ0) is 12.7. The summed E-state index contributed by atoms with van der Waals surface area (Å²) in [5.41, 5.74) is 5.79. The molecule has 0 radical (unpaired) electrons. The first-order valence-electron chi connectivity index (χ1n) is 5.51. The Morgan fingerprint density at radius 2 is 2.18 bits per heavy atom. The number of ether oxygens (including phenoxy) is 1. The van der Waals surface area contributed by atoms with Crippen LogP contribution in [-0.4, -0.2) is 27.3 Å². The summed E-state index contributed by atoms with van der Waals surface area (Å²) in [6, 6.07) is 6.86. The lowest BCUT2D eigenvalue weighted by atomic mass is 10.3. The molecule has 0 saturated heterocycles. The minimum Gasteiger partial charge on any atom is -0.494 e. The molecule has 1 aromatic rings. The first-order chi connectivity index (χ1) is 8.07. The summed E-state index contributed by atoms with van der Waals surface area (Å²) in [7, 11) is -3.31. The summed E-state index contributed by atoms with van der Waals surface area (Å²) in [4.78, 5) is 0. The zero-order valence-electron chi connectivity index (χ0n) is 9.85. The molecule has 0 atom stereocenters. The van der Waals surface area contributed by atoms with Crippen LogP contribution in [0.4, 0.5) is 5.69 Å². The van der Waals surface area contributed by atoms with Gasteiger partial charge in [0.1, 0.15) is 5.75 Å². The number of rotatable bonds is 7. The van der Waals surface area contributed by atoms with Crippen LogP contribution in [0, 0.1) is 0 Å². The molecule has 3 N–H and O–H groups in total. The summed E-state index contributed by atoms with van der Waals surface area (Å²) in [5, 5.41) is 0. The third-order valence-electron chi connectivity index (χ3n) is 2.04. The van der Waals surface area contributed by atoms with Crippen LogP contribution in [0.2, 0.25) is 0 Å². The van der Waals surface area contributed by atoms with Gasteiger partial charge in [0.05, 0.1) is 18.0 Å². The number of nitrogens with two attached hydrogens (primary N) is 1. The Morgan fingerprint density at radius 3 is 2.82 bits per heavy atom. The molecule has 1 aromatic carbocycles. The molecule has 6 heteroatoms. The molecule has 1 rings (SSSR count). The van der Waals surface area contributed by atoms with Crippen LogP contribution in [0.5, 0.6) is 5.75 Å². The molecule has 17 heavy (non-hydrogen) atoms. The van der Waals surface area contributed by atoms with Gasteiger partial charge < -0.3 is 10.5 Å². The van der Waals surface area contributed by atoms with Crippen molar-refractivity contribution in [2.45, 2.75) is 13.3 Å². The van der Waals surface area contributed by atoms with Crippen molar-refractivity contribution in [3.63, 3.8) is 0 Å². The van der Waals surface area contributed by atoms with Crippen molar-refractivity contribution in [2.24, 2.45) is 5.73 Å². The molecule has 0 aliphatic carbocycles. The third-order valence-corrected chi connectivity index (χ3v) is 3.41. The minimum absolute atomic E-state index is 0.0301. The number of anilines is 1. The van der Waals surface area contributed by atoms with E-state index in [0.717, 1.165) is 0 Å². The van der Waals surface area contributed by atoms with Gasteiger partial charge in [0.15, 0.2) is 0 Å². The highest BCUT2D eigenvalue weighted by molar-refractivity contribution is 7.92. The van der Waals surface area contributed by atoms with Crippen molar-refractivity contribution in [3.05, 3.63) is 24.3 Å². The molecular weight excluding hydrogens is 240 g/mol. The molecule has 0 aliphatic rings. The molecule has 96 valence electrons. The zero-order valence-corrected chi connectivity index (χ0v) is 10.7. The maximum absolute atomic E-state index is 11.6. The van der Waals surface area contributed by atoms with E-state index in [1.165, 1.54) is 0 Å². The maximum Gasteiger partial charge on any atom is 0.232 e. The van der Waals surface area contributed by atoms with Gasteiger partial charge in [-0.15, -0.1) is 0 Å². The van der Waals surface area contributed by atoms with Crippen LogP contribution in [0.15, 0.2) is 24.3 Å². The maximum atomic E-state index is 11.6. The molecule has 0 aromatic heterocycles. The van der Waals surface area contributed by atoms with E-state index in [4.69, 9.17) is 10.5 Å². The fraction of sp³-hybridized carbons (Fsp3) is 0.455. The van der Waals surface area contributed by atoms with Crippen LogP contribution in [0.1, 0.15) is 13.3 Å². The Bertz CT molecular complexity index is 446. The Balaban J connectivity index is 2.70. The quantitative estimate of drug-likeness (QED) is 0.769. The lowest BCUT2D eigenvalue weighted by Gasteiger charge is -2.09. The molecule has 0 aliphatic heterocycles. The first kappa shape index (κ1) is 13.8. The first-order valence-corrected chi connectivity index (χ1v) is 7.16. The minimum atomic E-state index is -3.31. The highest BCUT2D eigenvalue weighted by atomic mass is 32.2. The number of hydrogen-bond donors (Lipinski definition) is 2. The average Bonchev–Trinajstić information content (AvgIpc) is 2.27. The average molecular weight is 258 g/mol. The van der Waals surface area contributed by atoms with Gasteiger partial charge in [0, 0.05) is 6.07 Å². The van der Waals surface area contributed by atoms with Gasteiger partial charge in [-0.25, -0.2) is 8.42 Å². The van der Waals surface area contributed by atoms with Gasteiger partial charge in [0.2, 0.25) is 10.0 Å². The predicted octanol–water partition coefficient (Wildman–Crippen LogP) is 1.18. The number of nitrogens with one attached hydrogen (secondary N) is 1. The smallest absolute Gasteiger partial charge is 0.232 e. The monoisotopic (exact) mass is 258 g/mol. The molecule has 0 spiro atoms. The fourth-order valence-corrected chi connectivity index (χ4v) is 2.45. The Kier molecular flexibility index (Phi) is 5.24. The van der Waals surface area contributed by atoms with E-state index in [0.29, 0.717) is 31.0 Å². The van der Waals surface area contributed by atoms with Crippen molar-refractivity contribution in [2.75, 3.05) is 23.6 Å². The molecule has 0 bridgehead atoms. The van der Waals surface area contributed by atoms with Crippen LogP contribution >= 0.6 is 0 Å². The SMILES string of the molecule is CCOc1cccc(NS(=O)(=O)CCCN)c1. The standard InChI is InChI=1S/C11H18N2O3S/c1-2-16-11-6-3-5-10(9-11)13-17(14,15)8-4-7-12/h3,5-6,9,13H,2,4,7-8,12H2,1H3. The van der Waals surface area contributed by atoms with Gasteiger partial charge in [0.25, 0.3) is 0 Å². The van der Waals surface area contributed by atoms with Gasteiger partial charge >= 0.3 is 0 Å². The Hall–Kier alpha value is -1.27. The molecule has 5 nitrogen and oxygen atoms in total. The molecule has 0 saturated carbocycles. The number of hydrogen-bond acceptors (Lipinski definition) is 4. The van der Waals surface area contributed by atoms with Crippen LogP contribution in [0.25, 0.3) is 0 Å². The van der Waals surface area contributed by atoms with Gasteiger partial charge in [-0.1, -0.05) is 6.07 Å². The second kappa shape index (κ2) is 6.46. The highest BCUT2D eigenvalue weighted by Crippen LogP contribution is 2.18. The summed E-state index contributed by atoms with van der Waals surface area (Å²) in [6.45, 7) is 2.78. The van der Waals surface area contributed by atoms with Crippen molar-refractivity contribution in [3.8, 4) is 5.75 Å². The molecule has 0 heterocycles. The van der Waals surface area contributed by atoms with E-state index in [2.05, 4.69) is 4.72 Å². The molecule has 0 amide bonds. The number of sulfonamides is 1. The largest absolute Gasteiger partial charge is 0.494 e. The third kappa shape index (κ3) is 5.06. The van der Waals surface area contributed by atoms with E-state index in [1.54, 1.807) is 24.3 Å². The van der Waals surface area contributed by atoms with Gasteiger partial charge in [-0.05, 0) is 32.0 Å². The molecular formula is C11H18N2O3S. The van der Waals surface area contributed by atoms with Crippen molar-refractivity contribution in [1.82, 2.24) is 0 Å². The van der Waals surface area contributed by atoms with Gasteiger partial charge in [-0.2, -0.15) is 0 Å². The molecule has 0 fully saturated rings. The topological polar surface area (TPSA) is 81.4 Å². The van der Waals surface area contributed by atoms with Crippen molar-refractivity contribution in [1.29, 1.82) is 0 Å². The summed E-state index contributed by atoms with van der Waals surface area (Å²) in [5.74, 6) is 0.675. The summed E-state index contributed by atoms with van der Waals surface area (Å²) in [6.07, 6.45) is 0.445. The summed E-state index contributed by atoms with van der Waals surface area (Å²) >= 11 is 0. The van der Waals surface area contributed by atoms with Crippen LogP contribution < -0.4 is 15.2 Å². The summed E-state index contributed by atoms with van der Waals surface area (Å²) < 4.78 is 31.0. The normalized spacial score (nSPS) is 11.2. The molecule has 0 unspecified atom stereocenters. The van der Waals surface area contributed by atoms with E-state index in [9.17, 15) is 8.42 Å². The van der Waals surface area contributed by atoms with E-state index in [-0.39, 0.29) is 5.75 Å². The Labute approximate surface area is 102 Å². The van der Waals surface area contributed by atoms with Crippen molar-refractivity contribution >= 4 is 15.7 Å². The predicted molar refractivity (Wildman–Crippen MR) is 68.7 cm³/mol.